The van der Waals surface area contributed by atoms with Crippen LogP contribution in [0.5, 0.6) is 0 Å². The maximum atomic E-state index is 11.8. The molecule has 2 rings (SSSR count). The number of pyridine rings is 1. The first-order valence-electron chi connectivity index (χ1n) is 7.13. The van der Waals surface area contributed by atoms with E-state index in [0.29, 0.717) is 13.1 Å². The molecule has 0 bridgehead atoms. The van der Waals surface area contributed by atoms with Crippen LogP contribution >= 0.6 is 0 Å². The van der Waals surface area contributed by atoms with Gasteiger partial charge < -0.3 is 10.6 Å². The van der Waals surface area contributed by atoms with Gasteiger partial charge in [-0.25, -0.2) is 0 Å². The summed E-state index contributed by atoms with van der Waals surface area (Å²) in [6, 6.07) is 13.3. The molecule has 2 N–H and O–H groups in total. The van der Waals surface area contributed by atoms with E-state index in [4.69, 9.17) is 0 Å². The van der Waals surface area contributed by atoms with Crippen LogP contribution in [0.3, 0.4) is 0 Å². The summed E-state index contributed by atoms with van der Waals surface area (Å²) in [5.74, 6) is -0.602. The molecule has 0 atom stereocenters. The fraction of sp³-hybridized carbons (Fsp3) is 0.235. The molecule has 0 aliphatic heterocycles. The Bertz CT molecular complexity index is 641. The fourth-order valence-electron chi connectivity index (χ4n) is 1.96. The van der Waals surface area contributed by atoms with Gasteiger partial charge in [0.1, 0.15) is 6.42 Å². The van der Waals surface area contributed by atoms with Crippen LogP contribution in [0.1, 0.15) is 23.2 Å². The summed E-state index contributed by atoms with van der Waals surface area (Å²) in [6.07, 6.45) is 1.48. The zero-order chi connectivity index (χ0) is 15.8. The Labute approximate surface area is 129 Å². The Balaban J connectivity index is 1.72. The quantitative estimate of drug-likeness (QED) is 0.797. The first kappa shape index (κ1) is 15.7. The van der Waals surface area contributed by atoms with Gasteiger partial charge in [-0.15, -0.1) is 0 Å². The molecule has 0 aliphatic carbocycles. The standard InChI is InChI=1S/C17H19N3O2/c1-13-6-2-3-7-14(13)11-19-16(21)10-17(22)20-12-15-8-4-5-9-18-15/h2-9H,10-12H2,1H3,(H,19,21)(H,20,22). The molecule has 0 fully saturated rings. The Morgan fingerprint density at radius 3 is 2.32 bits per heavy atom. The van der Waals surface area contributed by atoms with E-state index in [1.807, 2.05) is 49.4 Å². The molecule has 0 spiro atoms. The van der Waals surface area contributed by atoms with Gasteiger partial charge in [0.25, 0.3) is 0 Å². The van der Waals surface area contributed by atoms with Crippen LogP contribution in [0.15, 0.2) is 48.7 Å². The van der Waals surface area contributed by atoms with E-state index in [1.165, 1.54) is 0 Å². The predicted molar refractivity (Wildman–Crippen MR) is 83.7 cm³/mol. The van der Waals surface area contributed by atoms with Crippen molar-refractivity contribution in [3.8, 4) is 0 Å². The van der Waals surface area contributed by atoms with E-state index in [1.54, 1.807) is 6.20 Å². The molecule has 0 saturated heterocycles. The number of nitrogens with one attached hydrogen (secondary N) is 2. The summed E-state index contributed by atoms with van der Waals surface area (Å²) >= 11 is 0. The number of aryl methyl sites for hydroxylation is 1. The van der Waals surface area contributed by atoms with Gasteiger partial charge in [0, 0.05) is 12.7 Å². The lowest BCUT2D eigenvalue weighted by atomic mass is 10.1. The van der Waals surface area contributed by atoms with Gasteiger partial charge in [0.05, 0.1) is 12.2 Å². The number of benzene rings is 1. The third-order valence-electron chi connectivity index (χ3n) is 3.25. The van der Waals surface area contributed by atoms with Crippen LogP contribution in [0, 0.1) is 6.92 Å². The lowest BCUT2D eigenvalue weighted by Gasteiger charge is -2.08. The van der Waals surface area contributed by atoms with E-state index in [9.17, 15) is 9.59 Å². The van der Waals surface area contributed by atoms with E-state index >= 15 is 0 Å². The highest BCUT2D eigenvalue weighted by atomic mass is 16.2. The second-order valence-electron chi connectivity index (χ2n) is 4.98. The highest BCUT2D eigenvalue weighted by Gasteiger charge is 2.09. The Morgan fingerprint density at radius 1 is 0.955 bits per heavy atom. The zero-order valence-electron chi connectivity index (χ0n) is 12.5. The first-order chi connectivity index (χ1) is 10.6. The number of aromatic nitrogens is 1. The summed E-state index contributed by atoms with van der Waals surface area (Å²) < 4.78 is 0. The van der Waals surface area contributed by atoms with E-state index in [2.05, 4.69) is 15.6 Å². The molecule has 1 aromatic heterocycles. The maximum Gasteiger partial charge on any atom is 0.229 e. The Kier molecular flexibility index (Phi) is 5.65. The van der Waals surface area contributed by atoms with Gasteiger partial charge in [0.15, 0.2) is 0 Å². The maximum absolute atomic E-state index is 11.8. The van der Waals surface area contributed by atoms with Gasteiger partial charge >= 0.3 is 0 Å². The van der Waals surface area contributed by atoms with Gasteiger partial charge in [0.2, 0.25) is 11.8 Å². The van der Waals surface area contributed by atoms with Crippen LogP contribution in [-0.2, 0) is 22.7 Å². The third-order valence-corrected chi connectivity index (χ3v) is 3.25. The summed E-state index contributed by atoms with van der Waals surface area (Å²) in [5.41, 5.74) is 2.92. The molecular weight excluding hydrogens is 278 g/mol. The molecule has 0 aliphatic rings. The van der Waals surface area contributed by atoms with Gasteiger partial charge in [-0.3, -0.25) is 14.6 Å². The molecule has 5 heteroatoms. The second-order valence-corrected chi connectivity index (χ2v) is 4.98. The zero-order valence-corrected chi connectivity index (χ0v) is 12.5. The lowest BCUT2D eigenvalue weighted by Crippen LogP contribution is -2.31. The number of rotatable bonds is 6. The van der Waals surface area contributed by atoms with Gasteiger partial charge in [-0.05, 0) is 30.2 Å². The topological polar surface area (TPSA) is 71.1 Å². The predicted octanol–water partition coefficient (Wildman–Crippen LogP) is 1.71. The number of hydrogen-bond donors (Lipinski definition) is 2. The number of carbonyl (C=O) groups is 2. The van der Waals surface area contributed by atoms with Crippen LogP contribution in [0.4, 0.5) is 0 Å². The minimum Gasteiger partial charge on any atom is -0.352 e. The molecule has 1 aromatic carbocycles. The molecule has 0 radical (unpaired) electrons. The molecule has 5 nitrogen and oxygen atoms in total. The number of hydrogen-bond acceptors (Lipinski definition) is 3. The van der Waals surface area contributed by atoms with Crippen molar-refractivity contribution in [3.05, 3.63) is 65.5 Å². The number of carbonyl (C=O) groups excluding carboxylic acids is 2. The number of amides is 2. The minimum absolute atomic E-state index is 0.182. The lowest BCUT2D eigenvalue weighted by molar-refractivity contribution is -0.129. The van der Waals surface area contributed by atoms with Crippen molar-refractivity contribution in [3.63, 3.8) is 0 Å². The van der Waals surface area contributed by atoms with Crippen molar-refractivity contribution in [2.45, 2.75) is 26.4 Å². The average Bonchev–Trinajstić information content (AvgIpc) is 2.53. The van der Waals surface area contributed by atoms with Crippen LogP contribution in [0.25, 0.3) is 0 Å². The van der Waals surface area contributed by atoms with E-state index < -0.39 is 0 Å². The smallest absolute Gasteiger partial charge is 0.229 e. The average molecular weight is 297 g/mol. The summed E-state index contributed by atoms with van der Waals surface area (Å²) in [4.78, 5) is 27.6. The Morgan fingerprint density at radius 2 is 1.64 bits per heavy atom. The highest BCUT2D eigenvalue weighted by molar-refractivity contribution is 5.96. The van der Waals surface area contributed by atoms with Crippen molar-refractivity contribution in [2.24, 2.45) is 0 Å². The van der Waals surface area contributed by atoms with Crippen LogP contribution in [-0.4, -0.2) is 16.8 Å². The van der Waals surface area contributed by atoms with Gasteiger partial charge in [-0.1, -0.05) is 30.3 Å². The van der Waals surface area contributed by atoms with Crippen molar-refractivity contribution in [2.75, 3.05) is 0 Å². The van der Waals surface area contributed by atoms with Crippen LogP contribution < -0.4 is 10.6 Å². The molecule has 1 heterocycles. The molecular formula is C17H19N3O2. The van der Waals surface area contributed by atoms with E-state index in [0.717, 1.165) is 16.8 Å². The van der Waals surface area contributed by atoms with Crippen molar-refractivity contribution in [1.29, 1.82) is 0 Å². The van der Waals surface area contributed by atoms with Crippen molar-refractivity contribution >= 4 is 11.8 Å². The summed E-state index contributed by atoms with van der Waals surface area (Å²) in [5, 5.41) is 5.43. The third kappa shape index (κ3) is 5.01. The highest BCUT2D eigenvalue weighted by Crippen LogP contribution is 2.06. The molecule has 22 heavy (non-hydrogen) atoms. The second kappa shape index (κ2) is 7.93. The summed E-state index contributed by atoms with van der Waals surface area (Å²) in [6.45, 7) is 2.74. The van der Waals surface area contributed by atoms with Crippen LogP contribution in [0.2, 0.25) is 0 Å². The molecule has 114 valence electrons. The minimum atomic E-state index is -0.312. The molecule has 2 amide bonds. The largest absolute Gasteiger partial charge is 0.352 e. The van der Waals surface area contributed by atoms with Crippen molar-refractivity contribution < 1.29 is 9.59 Å². The number of nitrogens with zero attached hydrogens (tertiary/aromatic N) is 1. The monoisotopic (exact) mass is 297 g/mol. The van der Waals surface area contributed by atoms with Crippen molar-refractivity contribution in [1.82, 2.24) is 15.6 Å². The van der Waals surface area contributed by atoms with E-state index in [-0.39, 0.29) is 18.2 Å². The first-order valence-corrected chi connectivity index (χ1v) is 7.13. The molecule has 0 unspecified atom stereocenters. The Hall–Kier alpha value is -2.69. The fourth-order valence-corrected chi connectivity index (χ4v) is 1.96. The van der Waals surface area contributed by atoms with Gasteiger partial charge in [-0.2, -0.15) is 0 Å². The SMILES string of the molecule is Cc1ccccc1CNC(=O)CC(=O)NCc1ccccn1. The summed E-state index contributed by atoms with van der Waals surface area (Å²) in [7, 11) is 0. The molecule has 0 saturated carbocycles. The molecule has 2 aromatic rings. The normalized spacial score (nSPS) is 10.0.